The molecule has 0 bridgehead atoms. The number of carbonyl (C=O) groups is 16. The standard InChI is InChI=1S/C14H15NO4.C13H13NO4.C10H15NO5.C9H13NO5.C9H11NO5.C8H9NO5/c1-10-15-12(14(17)19-10)7-8-13(16)18-9-11-5-3-2-4-6-11;1-9-14-11(13(16)18-9)7-12(15)17-8-10-5-3-2-4-6-10;1-10(2,3)16-7(12)5-4-6-8(13)15-9(14)11-6;1-9(2,3)15-6(11)4-5-7(12)14-8(13)10-5;1-2-5-14-7(11)4-3-6-8(12)15-9(13)10-6;1-2-3-13-6(10)4-5-7(11)14-8(12)9-5/h2-6,12,15H,1,7-9H2;2-6,11,14H,1,7-8H2;6H,4-5H2,1-3H3,(H,11,14);5H,4H2,1-3H3,(H,10,13);2,6H,1,3-5H2,(H,10,13);2,5H,1,3-4H2,(H,9,12)/t12-;11-;6-;5-;6-;5-/m000000/s1. The number of carbonyl (C=O) groups excluding carboxylic acids is 16. The summed E-state index contributed by atoms with van der Waals surface area (Å²) in [5.41, 5.74) is 0.681. The first-order chi connectivity index (χ1) is 45.6. The van der Waals surface area contributed by atoms with Gasteiger partial charge in [0.25, 0.3) is 0 Å². The number of hydrogen-bond acceptors (Lipinski definition) is 30. The zero-order chi connectivity index (χ0) is 72.4. The number of alkyl carbamates (subject to hydrolysis) is 4. The number of benzene rings is 2. The molecule has 34 nitrogen and oxygen atoms in total. The van der Waals surface area contributed by atoms with E-state index >= 15 is 0 Å². The van der Waals surface area contributed by atoms with Gasteiger partial charge >= 0.3 is 96.0 Å². The molecule has 6 heterocycles. The monoisotopic (exact) mass is 1360 g/mol. The molecule has 0 aromatic heterocycles. The Balaban J connectivity index is 0.000000304. The van der Waals surface area contributed by atoms with Gasteiger partial charge in [-0.15, -0.1) is 0 Å². The van der Waals surface area contributed by atoms with Gasteiger partial charge in [0, 0.05) is 19.3 Å². The first kappa shape index (κ1) is 79.8. The molecule has 2 aromatic carbocycles. The Morgan fingerprint density at radius 1 is 0.381 bits per heavy atom. The fourth-order valence-electron chi connectivity index (χ4n) is 7.60. The molecule has 6 fully saturated rings. The van der Waals surface area contributed by atoms with Gasteiger partial charge in [0.2, 0.25) is 0 Å². The molecule has 0 saturated carbocycles. The molecule has 2 aromatic rings. The quantitative estimate of drug-likeness (QED) is 0.0401. The topological polar surface area (TPSA) is 456 Å². The van der Waals surface area contributed by atoms with Crippen LogP contribution in [0, 0.1) is 0 Å². The van der Waals surface area contributed by atoms with Crippen molar-refractivity contribution in [1.82, 2.24) is 31.9 Å². The van der Waals surface area contributed by atoms with E-state index in [4.69, 9.17) is 28.4 Å². The number of rotatable bonds is 23. The van der Waals surface area contributed by atoms with Crippen molar-refractivity contribution >= 4 is 96.0 Å². The summed E-state index contributed by atoms with van der Waals surface area (Å²) in [5, 5.41) is 14.4. The van der Waals surface area contributed by atoms with Gasteiger partial charge in [0.05, 0.1) is 19.3 Å². The van der Waals surface area contributed by atoms with E-state index in [1.54, 1.807) is 41.5 Å². The Kier molecular flexibility index (Phi) is 32.8. The van der Waals surface area contributed by atoms with E-state index in [-0.39, 0.29) is 95.5 Å². The summed E-state index contributed by atoms with van der Waals surface area (Å²) in [4.78, 5) is 176. The van der Waals surface area contributed by atoms with Crippen LogP contribution < -0.4 is 31.9 Å². The van der Waals surface area contributed by atoms with E-state index < -0.39 is 137 Å². The zero-order valence-corrected chi connectivity index (χ0v) is 53.8. The molecule has 34 heteroatoms. The molecule has 8 rings (SSSR count). The van der Waals surface area contributed by atoms with Crippen LogP contribution in [0.4, 0.5) is 19.2 Å². The van der Waals surface area contributed by atoms with Crippen LogP contribution in [-0.4, -0.2) is 157 Å². The van der Waals surface area contributed by atoms with Gasteiger partial charge in [-0.3, -0.25) is 28.8 Å². The number of ether oxygens (including phenoxy) is 12. The molecule has 6 atom stereocenters. The summed E-state index contributed by atoms with van der Waals surface area (Å²) < 4.78 is 55.8. The third kappa shape index (κ3) is 33.3. The van der Waals surface area contributed by atoms with Gasteiger partial charge in [-0.25, -0.2) is 47.9 Å². The minimum Gasteiger partial charge on any atom is -0.461 e. The minimum absolute atomic E-state index is 0.0495. The molecule has 526 valence electrons. The lowest BCUT2D eigenvalue weighted by Crippen LogP contribution is -2.34. The highest BCUT2D eigenvalue weighted by molar-refractivity contribution is 5.99. The highest BCUT2D eigenvalue weighted by Gasteiger charge is 2.38. The van der Waals surface area contributed by atoms with Crippen LogP contribution in [0.3, 0.4) is 0 Å². The van der Waals surface area contributed by atoms with Gasteiger partial charge in [-0.2, -0.15) is 0 Å². The van der Waals surface area contributed by atoms with Crippen LogP contribution in [0.2, 0.25) is 0 Å². The van der Waals surface area contributed by atoms with E-state index in [0.717, 1.165) is 11.1 Å². The van der Waals surface area contributed by atoms with Gasteiger partial charge < -0.3 is 88.7 Å². The van der Waals surface area contributed by atoms with Gasteiger partial charge in [-0.1, -0.05) is 86.0 Å². The van der Waals surface area contributed by atoms with Crippen LogP contribution in [0.15, 0.2) is 111 Å². The maximum Gasteiger partial charge on any atom is 0.415 e. The Hall–Kier alpha value is -11.5. The van der Waals surface area contributed by atoms with Crippen LogP contribution in [0.1, 0.15) is 110 Å². The van der Waals surface area contributed by atoms with Crippen molar-refractivity contribution in [2.45, 2.75) is 160 Å². The lowest BCUT2D eigenvalue weighted by atomic mass is 10.1. The SMILES string of the molecule is C=C1N[C@@H](CC(=O)OCc2ccccc2)C(=O)O1.C=C1N[C@@H](CCC(=O)OCc2ccccc2)C(=O)O1.C=CCOC(=O)CC[C@@H]1NC(=O)OC1=O.C=CCOC(=O)C[C@@H]1NC(=O)OC1=O.CC(C)(C)OC(=O)CC[C@@H]1NC(=O)OC1=O.CC(C)(C)OC(=O)C[C@@H]1NC(=O)OC1=O. The van der Waals surface area contributed by atoms with Crippen molar-refractivity contribution in [2.24, 2.45) is 0 Å². The van der Waals surface area contributed by atoms with Crippen LogP contribution in [-0.2, 0) is 128 Å². The van der Waals surface area contributed by atoms with Crippen LogP contribution >= 0.6 is 0 Å². The lowest BCUT2D eigenvalue weighted by Gasteiger charge is -2.19. The normalized spacial score (nSPS) is 19.3. The zero-order valence-electron chi connectivity index (χ0n) is 53.8. The maximum atomic E-state index is 11.5. The fraction of sp³-hybridized carbons (Fsp3) is 0.429. The molecule has 0 radical (unpaired) electrons. The number of cyclic esters (lactones) is 10. The average Bonchev–Trinajstić information content (AvgIpc) is 1.82. The van der Waals surface area contributed by atoms with E-state index in [1.165, 1.54) is 12.2 Å². The fourth-order valence-corrected chi connectivity index (χ4v) is 7.60. The van der Waals surface area contributed by atoms with Crippen molar-refractivity contribution in [3.63, 3.8) is 0 Å². The number of esters is 12. The molecule has 0 spiro atoms. The molecule has 6 aliphatic heterocycles. The lowest BCUT2D eigenvalue weighted by molar-refractivity contribution is -0.157. The third-order valence-electron chi connectivity index (χ3n) is 11.8. The molecular formula is C63H76N6O28. The first-order valence-corrected chi connectivity index (χ1v) is 29.4. The largest absolute Gasteiger partial charge is 0.461 e. The second-order valence-corrected chi connectivity index (χ2v) is 22.3. The predicted molar refractivity (Wildman–Crippen MR) is 326 cm³/mol. The molecule has 4 amide bonds. The van der Waals surface area contributed by atoms with E-state index in [9.17, 15) is 76.7 Å². The molecule has 6 aliphatic rings. The maximum absolute atomic E-state index is 11.5. The third-order valence-corrected chi connectivity index (χ3v) is 11.8. The van der Waals surface area contributed by atoms with Crippen LogP contribution in [0.5, 0.6) is 0 Å². The number of nitrogens with one attached hydrogen (secondary N) is 6. The van der Waals surface area contributed by atoms with Crippen molar-refractivity contribution in [2.75, 3.05) is 13.2 Å². The van der Waals surface area contributed by atoms with Crippen molar-refractivity contribution < 1.29 is 134 Å². The average molecular weight is 1370 g/mol. The summed E-state index contributed by atoms with van der Waals surface area (Å²) in [5.74, 6) is -6.09. The molecule has 97 heavy (non-hydrogen) atoms. The second kappa shape index (κ2) is 39.9. The first-order valence-electron chi connectivity index (χ1n) is 29.4. The van der Waals surface area contributed by atoms with E-state index in [2.05, 4.69) is 86.6 Å². The van der Waals surface area contributed by atoms with Gasteiger partial charge in [0.1, 0.15) is 73.9 Å². The number of hydrogen-bond donors (Lipinski definition) is 6. The molecule has 0 aliphatic carbocycles. The summed E-state index contributed by atoms with van der Waals surface area (Å²) in [6.07, 6.45) is 0.148. The molecular weight excluding hydrogens is 1290 g/mol. The Morgan fingerprint density at radius 3 is 1.00 bits per heavy atom. The summed E-state index contributed by atoms with van der Waals surface area (Å²) in [6.45, 7) is 24.8. The van der Waals surface area contributed by atoms with Crippen molar-refractivity contribution in [3.8, 4) is 0 Å². The second-order valence-electron chi connectivity index (χ2n) is 22.3. The smallest absolute Gasteiger partial charge is 0.415 e. The van der Waals surface area contributed by atoms with Gasteiger partial charge in [-0.05, 0) is 85.1 Å². The van der Waals surface area contributed by atoms with Crippen molar-refractivity contribution in [3.05, 3.63) is 122 Å². The van der Waals surface area contributed by atoms with E-state index in [0.29, 0.717) is 6.42 Å². The molecule has 0 unspecified atom stereocenters. The molecule has 6 saturated heterocycles. The number of amides is 4. The summed E-state index contributed by atoms with van der Waals surface area (Å²) in [7, 11) is 0. The Labute approximate surface area is 555 Å². The summed E-state index contributed by atoms with van der Waals surface area (Å²) >= 11 is 0. The highest BCUT2D eigenvalue weighted by Crippen LogP contribution is 2.17. The van der Waals surface area contributed by atoms with Gasteiger partial charge in [0.15, 0.2) is 11.8 Å². The molecule has 6 N–H and O–H groups in total. The highest BCUT2D eigenvalue weighted by atomic mass is 16.6. The van der Waals surface area contributed by atoms with Crippen molar-refractivity contribution in [1.29, 1.82) is 0 Å². The van der Waals surface area contributed by atoms with E-state index in [1.807, 2.05) is 60.7 Å². The summed E-state index contributed by atoms with van der Waals surface area (Å²) in [6, 6.07) is 14.2. The van der Waals surface area contributed by atoms with Crippen LogP contribution in [0.25, 0.3) is 0 Å². The Bertz CT molecular complexity index is 3250. The minimum atomic E-state index is -0.931. The predicted octanol–water partition coefficient (Wildman–Crippen LogP) is 3.57. The Morgan fingerprint density at radius 2 is 0.660 bits per heavy atom.